The summed E-state index contributed by atoms with van der Waals surface area (Å²) in [6, 6.07) is 20.3. The highest BCUT2D eigenvalue weighted by atomic mass is 15.3. The summed E-state index contributed by atoms with van der Waals surface area (Å²) in [5, 5.41) is 6.89. The first-order valence-corrected chi connectivity index (χ1v) is 6.21. The molecule has 90 valence electrons. The Balaban J connectivity index is 1.98. The van der Waals surface area contributed by atoms with Gasteiger partial charge in [-0.2, -0.15) is 0 Å². The van der Waals surface area contributed by atoms with Crippen LogP contribution in [0.1, 0.15) is 0 Å². The van der Waals surface area contributed by atoms with Gasteiger partial charge >= 0.3 is 0 Å². The fourth-order valence-corrected chi connectivity index (χ4v) is 2.27. The molecular weight excluding hydrogens is 234 g/mol. The minimum absolute atomic E-state index is 0.760. The van der Waals surface area contributed by atoms with E-state index in [2.05, 4.69) is 28.3 Å². The highest BCUT2D eigenvalue weighted by molar-refractivity contribution is 5.84. The van der Waals surface area contributed by atoms with E-state index in [-0.39, 0.29) is 0 Å². The van der Waals surface area contributed by atoms with Gasteiger partial charge in [0.15, 0.2) is 11.5 Å². The molecule has 0 bridgehead atoms. The summed E-state index contributed by atoms with van der Waals surface area (Å²) in [5.41, 5.74) is 1.91. The Labute approximate surface area is 110 Å². The summed E-state index contributed by atoms with van der Waals surface area (Å²) in [6.07, 6.45) is 2.02. The van der Waals surface area contributed by atoms with Gasteiger partial charge in [0.1, 0.15) is 0 Å². The van der Waals surface area contributed by atoms with Gasteiger partial charge in [0.2, 0.25) is 0 Å². The molecule has 0 fully saturated rings. The molecule has 0 atom stereocenters. The maximum atomic E-state index is 4.58. The Morgan fingerprint density at radius 2 is 1.53 bits per heavy atom. The number of hydrogen-bond acceptors (Lipinski definition) is 2. The molecule has 2 heterocycles. The lowest BCUT2D eigenvalue weighted by Gasteiger charge is -1.96. The second kappa shape index (κ2) is 3.92. The number of rotatable bonds is 1. The molecule has 0 aliphatic heterocycles. The Morgan fingerprint density at radius 1 is 0.789 bits per heavy atom. The van der Waals surface area contributed by atoms with Crippen LogP contribution >= 0.6 is 0 Å². The van der Waals surface area contributed by atoms with Crippen molar-refractivity contribution < 1.29 is 0 Å². The number of fused-ring (bicyclic) bond motifs is 2. The van der Waals surface area contributed by atoms with Crippen molar-refractivity contribution in [3.8, 4) is 11.4 Å². The van der Waals surface area contributed by atoms with E-state index in [0.717, 1.165) is 17.0 Å². The van der Waals surface area contributed by atoms with Crippen LogP contribution in [0, 0.1) is 0 Å². The first-order chi connectivity index (χ1) is 9.40. The number of nitrogens with zero attached hydrogens (tertiary/aromatic N) is 3. The molecule has 0 N–H and O–H groups in total. The van der Waals surface area contributed by atoms with Gasteiger partial charge in [0.05, 0.1) is 0 Å². The fraction of sp³-hybridized carbons (Fsp3) is 0. The first kappa shape index (κ1) is 10.3. The third-order valence-corrected chi connectivity index (χ3v) is 3.23. The van der Waals surface area contributed by atoms with Gasteiger partial charge in [-0.1, -0.05) is 54.6 Å². The zero-order chi connectivity index (χ0) is 12.7. The Bertz CT molecular complexity index is 810. The maximum absolute atomic E-state index is 4.58. The molecular formula is C16H11N3. The number of pyridine rings is 1. The van der Waals surface area contributed by atoms with E-state index in [0.29, 0.717) is 0 Å². The summed E-state index contributed by atoms with van der Waals surface area (Å²) in [7, 11) is 0. The SMILES string of the molecule is c1ccc(-c2nc3cc4ccccc4cn3n2)cc1. The first-order valence-electron chi connectivity index (χ1n) is 6.21. The van der Waals surface area contributed by atoms with E-state index in [1.54, 1.807) is 0 Å². The van der Waals surface area contributed by atoms with E-state index < -0.39 is 0 Å². The molecule has 2 aromatic carbocycles. The molecule has 19 heavy (non-hydrogen) atoms. The van der Waals surface area contributed by atoms with Gasteiger partial charge in [-0.15, -0.1) is 5.10 Å². The summed E-state index contributed by atoms with van der Waals surface area (Å²) in [5.74, 6) is 0.760. The molecule has 3 heteroatoms. The molecule has 4 rings (SSSR count). The smallest absolute Gasteiger partial charge is 0.182 e. The topological polar surface area (TPSA) is 30.2 Å². The van der Waals surface area contributed by atoms with Crippen molar-refractivity contribution in [2.75, 3.05) is 0 Å². The molecule has 0 spiro atoms. The minimum Gasteiger partial charge on any atom is -0.220 e. The van der Waals surface area contributed by atoms with E-state index in [9.17, 15) is 0 Å². The standard InChI is InChI=1S/C16H11N3/c1-2-6-12(7-3-1)16-17-15-10-13-8-4-5-9-14(13)11-19(15)18-16/h1-11H. The van der Waals surface area contributed by atoms with Crippen molar-refractivity contribution in [2.24, 2.45) is 0 Å². The largest absolute Gasteiger partial charge is 0.220 e. The molecule has 2 aromatic heterocycles. The lowest BCUT2D eigenvalue weighted by molar-refractivity contribution is 0.974. The Morgan fingerprint density at radius 3 is 2.37 bits per heavy atom. The number of benzene rings is 2. The highest BCUT2D eigenvalue weighted by Crippen LogP contribution is 2.19. The van der Waals surface area contributed by atoms with E-state index in [1.165, 1.54) is 10.8 Å². The van der Waals surface area contributed by atoms with Crippen LogP contribution in [0.5, 0.6) is 0 Å². The number of hydrogen-bond donors (Lipinski definition) is 0. The van der Waals surface area contributed by atoms with Crippen LogP contribution in [0.25, 0.3) is 27.8 Å². The normalized spacial score (nSPS) is 11.2. The average Bonchev–Trinajstić information content (AvgIpc) is 2.88. The summed E-state index contributed by atoms with van der Waals surface area (Å²) in [6.45, 7) is 0. The highest BCUT2D eigenvalue weighted by Gasteiger charge is 2.06. The van der Waals surface area contributed by atoms with Crippen LogP contribution in [0.2, 0.25) is 0 Å². The van der Waals surface area contributed by atoms with Gasteiger partial charge in [-0.3, -0.25) is 0 Å². The molecule has 0 unspecified atom stereocenters. The van der Waals surface area contributed by atoms with Crippen molar-refractivity contribution in [2.45, 2.75) is 0 Å². The van der Waals surface area contributed by atoms with Crippen molar-refractivity contribution >= 4 is 16.4 Å². The van der Waals surface area contributed by atoms with E-state index >= 15 is 0 Å². The Hall–Kier alpha value is -2.68. The van der Waals surface area contributed by atoms with E-state index in [4.69, 9.17) is 0 Å². The molecule has 0 saturated carbocycles. The molecule has 0 saturated heterocycles. The zero-order valence-corrected chi connectivity index (χ0v) is 10.2. The lowest BCUT2D eigenvalue weighted by atomic mass is 10.2. The van der Waals surface area contributed by atoms with Crippen molar-refractivity contribution in [1.29, 1.82) is 0 Å². The average molecular weight is 245 g/mol. The van der Waals surface area contributed by atoms with Gasteiger partial charge in [-0.25, -0.2) is 9.50 Å². The van der Waals surface area contributed by atoms with Crippen LogP contribution in [0.3, 0.4) is 0 Å². The second-order valence-corrected chi connectivity index (χ2v) is 4.51. The van der Waals surface area contributed by atoms with Gasteiger partial charge in [0.25, 0.3) is 0 Å². The van der Waals surface area contributed by atoms with E-state index in [1.807, 2.05) is 53.2 Å². The molecule has 0 aliphatic rings. The van der Waals surface area contributed by atoms with Gasteiger partial charge < -0.3 is 0 Å². The van der Waals surface area contributed by atoms with Crippen LogP contribution in [-0.4, -0.2) is 14.6 Å². The molecule has 3 nitrogen and oxygen atoms in total. The third-order valence-electron chi connectivity index (χ3n) is 3.23. The van der Waals surface area contributed by atoms with Crippen LogP contribution in [0.4, 0.5) is 0 Å². The third kappa shape index (κ3) is 1.67. The Kier molecular flexibility index (Phi) is 2.12. The summed E-state index contributed by atoms with van der Waals surface area (Å²) >= 11 is 0. The predicted molar refractivity (Wildman–Crippen MR) is 75.9 cm³/mol. The second-order valence-electron chi connectivity index (χ2n) is 4.51. The minimum atomic E-state index is 0.760. The van der Waals surface area contributed by atoms with Crippen LogP contribution in [-0.2, 0) is 0 Å². The van der Waals surface area contributed by atoms with Crippen molar-refractivity contribution in [3.63, 3.8) is 0 Å². The van der Waals surface area contributed by atoms with Crippen LogP contribution < -0.4 is 0 Å². The fourth-order valence-electron chi connectivity index (χ4n) is 2.27. The molecule has 0 aliphatic carbocycles. The van der Waals surface area contributed by atoms with Gasteiger partial charge in [-0.05, 0) is 11.5 Å². The molecule has 0 radical (unpaired) electrons. The quantitative estimate of drug-likeness (QED) is 0.513. The molecule has 4 aromatic rings. The number of aromatic nitrogens is 3. The van der Waals surface area contributed by atoms with Crippen molar-refractivity contribution in [1.82, 2.24) is 14.6 Å². The summed E-state index contributed by atoms with van der Waals surface area (Å²) < 4.78 is 1.84. The monoisotopic (exact) mass is 245 g/mol. The predicted octanol–water partition coefficient (Wildman–Crippen LogP) is 3.55. The lowest BCUT2D eigenvalue weighted by Crippen LogP contribution is -1.87. The maximum Gasteiger partial charge on any atom is 0.182 e. The molecule has 0 amide bonds. The van der Waals surface area contributed by atoms with Gasteiger partial charge in [0, 0.05) is 17.1 Å². The van der Waals surface area contributed by atoms with Crippen LogP contribution in [0.15, 0.2) is 66.9 Å². The zero-order valence-electron chi connectivity index (χ0n) is 10.2. The summed E-state index contributed by atoms with van der Waals surface area (Å²) in [4.78, 5) is 4.58. The van der Waals surface area contributed by atoms with Crippen molar-refractivity contribution in [3.05, 3.63) is 66.9 Å².